The highest BCUT2D eigenvalue weighted by Crippen LogP contribution is 2.19. The molecule has 0 atom stereocenters. The van der Waals surface area contributed by atoms with Gasteiger partial charge < -0.3 is 15.4 Å². The number of carbonyl (C=O) groups excluding carboxylic acids is 1. The first kappa shape index (κ1) is 18.2. The summed E-state index contributed by atoms with van der Waals surface area (Å²) < 4.78 is 18.2. The van der Waals surface area contributed by atoms with Crippen LogP contribution in [0.25, 0.3) is 0 Å². The summed E-state index contributed by atoms with van der Waals surface area (Å²) in [5.74, 6) is 0.189. The second kappa shape index (κ2) is 9.25. The number of hydrogen-bond acceptors (Lipinski definition) is 3. The van der Waals surface area contributed by atoms with Crippen molar-refractivity contribution in [3.63, 3.8) is 0 Å². The van der Waals surface area contributed by atoms with Crippen LogP contribution in [0.4, 0.5) is 10.1 Å². The summed E-state index contributed by atoms with van der Waals surface area (Å²) in [4.78, 5) is 11.8. The first-order valence-corrected chi connectivity index (χ1v) is 8.05. The van der Waals surface area contributed by atoms with E-state index in [1.165, 1.54) is 23.8 Å². The Morgan fingerprint density at radius 1 is 1.17 bits per heavy atom. The molecule has 2 aromatic carbocycles. The summed E-state index contributed by atoms with van der Waals surface area (Å²) in [6.45, 7) is 1.35. The summed E-state index contributed by atoms with van der Waals surface area (Å²) >= 11 is 5.67. The molecular weight excluding hydrogens is 331 g/mol. The van der Waals surface area contributed by atoms with E-state index in [9.17, 15) is 9.18 Å². The van der Waals surface area contributed by atoms with Gasteiger partial charge in [0.1, 0.15) is 11.6 Å². The predicted molar refractivity (Wildman–Crippen MR) is 94.2 cm³/mol. The molecule has 0 aromatic heterocycles. The van der Waals surface area contributed by atoms with Crippen LogP contribution in [0.15, 0.2) is 42.5 Å². The van der Waals surface area contributed by atoms with E-state index in [0.29, 0.717) is 18.7 Å². The Balaban J connectivity index is 1.64. The zero-order valence-corrected chi connectivity index (χ0v) is 14.2. The molecule has 0 bridgehead atoms. The Kier molecular flexibility index (Phi) is 7.03. The Morgan fingerprint density at radius 3 is 2.58 bits per heavy atom. The molecule has 2 rings (SSSR count). The molecule has 1 amide bonds. The highest BCUT2D eigenvalue weighted by atomic mass is 35.5. The van der Waals surface area contributed by atoms with Crippen LogP contribution in [0.2, 0.25) is 5.02 Å². The number of carbonyl (C=O) groups is 1. The highest BCUT2D eigenvalue weighted by molar-refractivity contribution is 6.31. The van der Waals surface area contributed by atoms with Gasteiger partial charge in [-0.2, -0.15) is 0 Å². The highest BCUT2D eigenvalue weighted by Gasteiger charge is 2.05. The van der Waals surface area contributed by atoms with Crippen LogP contribution in [0, 0.1) is 5.82 Å². The van der Waals surface area contributed by atoms with Crippen LogP contribution in [-0.4, -0.2) is 26.1 Å². The van der Waals surface area contributed by atoms with Gasteiger partial charge in [0.05, 0.1) is 12.1 Å². The number of hydrogen-bond donors (Lipinski definition) is 2. The van der Waals surface area contributed by atoms with E-state index in [4.69, 9.17) is 16.3 Å². The van der Waals surface area contributed by atoms with Gasteiger partial charge in [-0.3, -0.25) is 4.79 Å². The molecule has 0 spiro atoms. The number of rotatable bonds is 8. The van der Waals surface area contributed by atoms with Gasteiger partial charge in [-0.15, -0.1) is 0 Å². The van der Waals surface area contributed by atoms with Crippen LogP contribution in [0.1, 0.15) is 12.0 Å². The van der Waals surface area contributed by atoms with Gasteiger partial charge in [0.2, 0.25) is 5.91 Å². The summed E-state index contributed by atoms with van der Waals surface area (Å²) in [6, 6.07) is 12.0. The number of benzene rings is 2. The number of amides is 1. The van der Waals surface area contributed by atoms with Crippen molar-refractivity contribution in [1.82, 2.24) is 5.32 Å². The largest absolute Gasteiger partial charge is 0.497 e. The first-order chi connectivity index (χ1) is 11.6. The van der Waals surface area contributed by atoms with Crippen LogP contribution < -0.4 is 15.4 Å². The maximum absolute atomic E-state index is 13.0. The maximum Gasteiger partial charge on any atom is 0.225 e. The normalized spacial score (nSPS) is 10.5. The molecule has 0 fully saturated rings. The zero-order chi connectivity index (χ0) is 17.4. The average Bonchev–Trinajstić information content (AvgIpc) is 2.58. The Labute approximate surface area is 146 Å². The molecule has 0 aliphatic carbocycles. The van der Waals surface area contributed by atoms with E-state index in [1.54, 1.807) is 7.11 Å². The van der Waals surface area contributed by atoms with E-state index < -0.39 is 5.82 Å². The van der Waals surface area contributed by atoms with Crippen LogP contribution in [-0.2, 0) is 11.2 Å². The van der Waals surface area contributed by atoms with E-state index >= 15 is 0 Å². The second-order valence-electron chi connectivity index (χ2n) is 5.28. The van der Waals surface area contributed by atoms with Crippen LogP contribution in [0.3, 0.4) is 0 Å². The molecule has 24 heavy (non-hydrogen) atoms. The third-order valence-corrected chi connectivity index (χ3v) is 3.77. The van der Waals surface area contributed by atoms with E-state index in [-0.39, 0.29) is 10.9 Å². The SMILES string of the molecule is COc1ccc(CCNCCC(=O)Nc2ccc(F)c(Cl)c2)cc1. The third-order valence-electron chi connectivity index (χ3n) is 3.48. The Hall–Kier alpha value is -2.11. The molecule has 4 nitrogen and oxygen atoms in total. The van der Waals surface area contributed by atoms with Crippen molar-refractivity contribution in [2.75, 3.05) is 25.5 Å². The van der Waals surface area contributed by atoms with E-state index in [1.807, 2.05) is 24.3 Å². The summed E-state index contributed by atoms with van der Waals surface area (Å²) in [6.07, 6.45) is 1.21. The van der Waals surface area contributed by atoms with Gasteiger partial charge in [-0.25, -0.2) is 4.39 Å². The monoisotopic (exact) mass is 350 g/mol. The number of ether oxygens (including phenoxy) is 1. The fourth-order valence-electron chi connectivity index (χ4n) is 2.15. The third kappa shape index (κ3) is 5.83. The maximum atomic E-state index is 13.0. The van der Waals surface area contributed by atoms with E-state index in [0.717, 1.165) is 18.7 Å². The lowest BCUT2D eigenvalue weighted by Gasteiger charge is -2.08. The summed E-state index contributed by atoms with van der Waals surface area (Å²) in [5.41, 5.74) is 1.69. The lowest BCUT2D eigenvalue weighted by molar-refractivity contribution is -0.116. The Morgan fingerprint density at radius 2 is 1.92 bits per heavy atom. The lowest BCUT2D eigenvalue weighted by Crippen LogP contribution is -2.23. The molecule has 0 saturated heterocycles. The molecular formula is C18H20ClFN2O2. The van der Waals surface area contributed by atoms with E-state index in [2.05, 4.69) is 10.6 Å². The minimum Gasteiger partial charge on any atom is -0.497 e. The minimum atomic E-state index is -0.505. The quantitative estimate of drug-likeness (QED) is 0.714. The number of anilines is 1. The molecule has 0 aliphatic heterocycles. The summed E-state index contributed by atoms with van der Waals surface area (Å²) in [5, 5.41) is 5.90. The molecule has 2 N–H and O–H groups in total. The van der Waals surface area contributed by atoms with Crippen LogP contribution in [0.5, 0.6) is 5.75 Å². The van der Waals surface area contributed by atoms with Crippen LogP contribution >= 0.6 is 11.6 Å². The smallest absolute Gasteiger partial charge is 0.225 e. The average molecular weight is 351 g/mol. The molecule has 128 valence electrons. The number of nitrogens with one attached hydrogen (secondary N) is 2. The van der Waals surface area contributed by atoms with Gasteiger partial charge in [-0.1, -0.05) is 23.7 Å². The van der Waals surface area contributed by atoms with Gasteiger partial charge >= 0.3 is 0 Å². The summed E-state index contributed by atoms with van der Waals surface area (Å²) in [7, 11) is 1.64. The molecule has 0 unspecified atom stereocenters. The Bertz CT molecular complexity index is 677. The first-order valence-electron chi connectivity index (χ1n) is 7.67. The van der Waals surface area contributed by atoms with Crippen molar-refractivity contribution in [3.05, 3.63) is 58.9 Å². The van der Waals surface area contributed by atoms with Crippen molar-refractivity contribution in [2.24, 2.45) is 0 Å². The number of methoxy groups -OCH3 is 1. The van der Waals surface area contributed by atoms with Crippen molar-refractivity contribution < 1.29 is 13.9 Å². The fourth-order valence-corrected chi connectivity index (χ4v) is 2.33. The number of halogens is 2. The van der Waals surface area contributed by atoms with Crippen molar-refractivity contribution >= 4 is 23.2 Å². The predicted octanol–water partition coefficient (Wildman–Crippen LogP) is 3.65. The molecule has 0 radical (unpaired) electrons. The van der Waals surface area contributed by atoms with Gasteiger partial charge in [0, 0.05) is 18.7 Å². The standard InChI is InChI=1S/C18H20ClFN2O2/c1-24-15-5-2-13(3-6-15)8-10-21-11-9-18(23)22-14-4-7-17(20)16(19)12-14/h2-7,12,21H,8-11H2,1H3,(H,22,23). The lowest BCUT2D eigenvalue weighted by atomic mass is 10.1. The molecule has 0 saturated carbocycles. The van der Waals surface area contributed by atoms with Crippen molar-refractivity contribution in [3.8, 4) is 5.75 Å². The molecule has 2 aromatic rings. The fraction of sp³-hybridized carbons (Fsp3) is 0.278. The van der Waals surface area contributed by atoms with Crippen molar-refractivity contribution in [2.45, 2.75) is 12.8 Å². The van der Waals surface area contributed by atoms with Gasteiger partial charge in [-0.05, 0) is 48.9 Å². The topological polar surface area (TPSA) is 50.4 Å². The van der Waals surface area contributed by atoms with Gasteiger partial charge in [0.15, 0.2) is 0 Å². The van der Waals surface area contributed by atoms with Crippen molar-refractivity contribution in [1.29, 1.82) is 0 Å². The molecule has 0 aliphatic rings. The molecule has 0 heterocycles. The molecule has 6 heteroatoms. The zero-order valence-electron chi connectivity index (χ0n) is 13.4. The minimum absolute atomic E-state index is 0.00887. The van der Waals surface area contributed by atoms with Gasteiger partial charge in [0.25, 0.3) is 0 Å². The second-order valence-corrected chi connectivity index (χ2v) is 5.68.